The van der Waals surface area contributed by atoms with Gasteiger partial charge in [0.25, 0.3) is 0 Å². The molecule has 1 aromatic heterocycles. The molecular weight excluding hydrogens is 282 g/mol. The highest BCUT2D eigenvalue weighted by Gasteiger charge is 2.08. The number of rotatable bonds is 6. The van der Waals surface area contributed by atoms with Crippen LogP contribution in [0.25, 0.3) is 0 Å². The molecule has 0 aliphatic heterocycles. The fourth-order valence-electron chi connectivity index (χ4n) is 1.90. The van der Waals surface area contributed by atoms with Gasteiger partial charge < -0.3 is 10.1 Å². The summed E-state index contributed by atoms with van der Waals surface area (Å²) in [5, 5.41) is 3.36. The summed E-state index contributed by atoms with van der Waals surface area (Å²) >= 11 is 1.83. The van der Waals surface area contributed by atoms with Crippen LogP contribution in [0.15, 0.2) is 36.4 Å². The Kier molecular flexibility index (Phi) is 5.39. The Morgan fingerprint density at radius 3 is 2.38 bits per heavy atom. The minimum atomic E-state index is -0.276. The molecule has 2 aromatic rings. The molecule has 0 aliphatic rings. The maximum atomic E-state index is 11.7. The zero-order valence-corrected chi connectivity index (χ0v) is 13.5. The Morgan fingerprint density at radius 1 is 1.14 bits per heavy atom. The molecule has 0 aliphatic carbocycles. The lowest BCUT2D eigenvalue weighted by Gasteiger charge is -2.09. The number of esters is 1. The lowest BCUT2D eigenvalue weighted by atomic mass is 10.2. The van der Waals surface area contributed by atoms with E-state index in [-0.39, 0.29) is 12.1 Å². The van der Waals surface area contributed by atoms with Crippen LogP contribution >= 0.6 is 11.3 Å². The van der Waals surface area contributed by atoms with Crippen LogP contribution in [0.1, 0.15) is 40.9 Å². The third-order valence-electron chi connectivity index (χ3n) is 3.00. The molecule has 112 valence electrons. The van der Waals surface area contributed by atoms with E-state index in [1.54, 1.807) is 12.1 Å². The summed E-state index contributed by atoms with van der Waals surface area (Å²) in [6, 6.07) is 11.7. The average Bonchev–Trinajstić information content (AvgIpc) is 2.93. The van der Waals surface area contributed by atoms with E-state index >= 15 is 0 Å². The SMILES string of the molecule is CCc1ccc(CNc2ccc(C(=O)OC(C)C)cc2)s1. The highest BCUT2D eigenvalue weighted by atomic mass is 32.1. The molecule has 3 nitrogen and oxygen atoms in total. The van der Waals surface area contributed by atoms with Crippen molar-refractivity contribution in [2.24, 2.45) is 0 Å². The zero-order valence-electron chi connectivity index (χ0n) is 12.7. The summed E-state index contributed by atoms with van der Waals surface area (Å²) < 4.78 is 5.16. The molecule has 21 heavy (non-hydrogen) atoms. The van der Waals surface area contributed by atoms with Crippen molar-refractivity contribution in [2.75, 3.05) is 5.32 Å². The van der Waals surface area contributed by atoms with Crippen LogP contribution in [-0.2, 0) is 17.7 Å². The molecule has 0 amide bonds. The van der Waals surface area contributed by atoms with Crippen LogP contribution in [-0.4, -0.2) is 12.1 Å². The van der Waals surface area contributed by atoms with Gasteiger partial charge in [-0.25, -0.2) is 4.79 Å². The van der Waals surface area contributed by atoms with Crippen molar-refractivity contribution in [1.29, 1.82) is 0 Å². The monoisotopic (exact) mass is 303 g/mol. The highest BCUT2D eigenvalue weighted by molar-refractivity contribution is 7.12. The van der Waals surface area contributed by atoms with Crippen LogP contribution in [0.5, 0.6) is 0 Å². The predicted molar refractivity (Wildman–Crippen MR) is 88.0 cm³/mol. The van der Waals surface area contributed by atoms with Crippen LogP contribution in [0.4, 0.5) is 5.69 Å². The molecule has 0 spiro atoms. The van der Waals surface area contributed by atoms with Gasteiger partial charge in [-0.1, -0.05) is 6.92 Å². The average molecular weight is 303 g/mol. The van der Waals surface area contributed by atoms with E-state index in [1.807, 2.05) is 37.3 Å². The van der Waals surface area contributed by atoms with Crippen molar-refractivity contribution >= 4 is 23.0 Å². The van der Waals surface area contributed by atoms with Crippen molar-refractivity contribution in [3.63, 3.8) is 0 Å². The van der Waals surface area contributed by atoms with Crippen LogP contribution in [0.3, 0.4) is 0 Å². The molecule has 0 saturated heterocycles. The van der Waals surface area contributed by atoms with Crippen molar-refractivity contribution in [1.82, 2.24) is 0 Å². The van der Waals surface area contributed by atoms with Gasteiger partial charge in [-0.2, -0.15) is 0 Å². The maximum absolute atomic E-state index is 11.7. The van der Waals surface area contributed by atoms with E-state index < -0.39 is 0 Å². The Hall–Kier alpha value is -1.81. The number of benzene rings is 1. The third-order valence-corrected chi connectivity index (χ3v) is 4.23. The number of thiophene rings is 1. The molecule has 0 unspecified atom stereocenters. The minimum Gasteiger partial charge on any atom is -0.459 e. The molecule has 0 bridgehead atoms. The van der Waals surface area contributed by atoms with Gasteiger partial charge in [0, 0.05) is 22.0 Å². The van der Waals surface area contributed by atoms with Crippen molar-refractivity contribution in [3.8, 4) is 0 Å². The van der Waals surface area contributed by atoms with Gasteiger partial charge in [0.2, 0.25) is 0 Å². The molecule has 2 rings (SSSR count). The molecule has 1 N–H and O–H groups in total. The number of hydrogen-bond donors (Lipinski definition) is 1. The Balaban J connectivity index is 1.91. The molecule has 0 atom stereocenters. The summed E-state index contributed by atoms with van der Waals surface area (Å²) in [6.45, 7) is 6.66. The number of anilines is 1. The quantitative estimate of drug-likeness (QED) is 0.799. The molecule has 0 radical (unpaired) electrons. The van der Waals surface area contributed by atoms with Crippen molar-refractivity contribution in [2.45, 2.75) is 39.8 Å². The summed E-state index contributed by atoms with van der Waals surface area (Å²) in [5.74, 6) is -0.276. The topological polar surface area (TPSA) is 38.3 Å². The number of hydrogen-bond acceptors (Lipinski definition) is 4. The molecule has 1 aromatic carbocycles. The van der Waals surface area contributed by atoms with E-state index in [9.17, 15) is 4.79 Å². The first-order chi connectivity index (χ1) is 10.1. The molecule has 4 heteroatoms. The van der Waals surface area contributed by atoms with Crippen LogP contribution in [0, 0.1) is 0 Å². The maximum Gasteiger partial charge on any atom is 0.338 e. The van der Waals surface area contributed by atoms with E-state index in [2.05, 4.69) is 24.4 Å². The summed E-state index contributed by atoms with van der Waals surface area (Å²) in [6.07, 6.45) is 0.985. The van der Waals surface area contributed by atoms with E-state index in [0.717, 1.165) is 18.7 Å². The Morgan fingerprint density at radius 2 is 1.81 bits per heavy atom. The highest BCUT2D eigenvalue weighted by Crippen LogP contribution is 2.19. The smallest absolute Gasteiger partial charge is 0.338 e. The number of nitrogens with one attached hydrogen (secondary N) is 1. The van der Waals surface area contributed by atoms with Gasteiger partial charge in [0.05, 0.1) is 11.7 Å². The number of carbonyl (C=O) groups excluding carboxylic acids is 1. The van der Waals surface area contributed by atoms with Crippen molar-refractivity contribution in [3.05, 3.63) is 51.7 Å². The van der Waals surface area contributed by atoms with Gasteiger partial charge >= 0.3 is 5.97 Å². The normalized spacial score (nSPS) is 10.7. The van der Waals surface area contributed by atoms with Gasteiger partial charge in [-0.05, 0) is 56.7 Å². The third kappa shape index (κ3) is 4.60. The fourth-order valence-corrected chi connectivity index (χ4v) is 2.80. The second-order valence-electron chi connectivity index (χ2n) is 5.11. The first-order valence-corrected chi connectivity index (χ1v) is 8.02. The number of aryl methyl sites for hydroxylation is 1. The summed E-state index contributed by atoms with van der Waals surface area (Å²) in [4.78, 5) is 14.5. The largest absolute Gasteiger partial charge is 0.459 e. The predicted octanol–water partition coefficient (Wildman–Crippen LogP) is 4.49. The molecule has 0 saturated carbocycles. The zero-order chi connectivity index (χ0) is 15.2. The standard InChI is InChI=1S/C17H21NO2S/c1-4-15-9-10-16(21-15)11-18-14-7-5-13(6-8-14)17(19)20-12(2)3/h5-10,12,18H,4,11H2,1-3H3. The number of carbonyl (C=O) groups is 1. The lowest BCUT2D eigenvalue weighted by Crippen LogP contribution is -2.11. The van der Waals surface area contributed by atoms with E-state index in [0.29, 0.717) is 5.56 Å². The molecular formula is C17H21NO2S. The van der Waals surface area contributed by atoms with Gasteiger partial charge in [-0.15, -0.1) is 11.3 Å². The second kappa shape index (κ2) is 7.27. The number of ether oxygens (including phenoxy) is 1. The van der Waals surface area contributed by atoms with Crippen molar-refractivity contribution < 1.29 is 9.53 Å². The summed E-state index contributed by atoms with van der Waals surface area (Å²) in [5.41, 5.74) is 1.58. The molecule has 0 fully saturated rings. The van der Waals surface area contributed by atoms with E-state index in [1.165, 1.54) is 9.75 Å². The van der Waals surface area contributed by atoms with E-state index in [4.69, 9.17) is 4.74 Å². The minimum absolute atomic E-state index is 0.0955. The Bertz CT molecular complexity index is 587. The molecule has 1 heterocycles. The lowest BCUT2D eigenvalue weighted by molar-refractivity contribution is 0.0378. The second-order valence-corrected chi connectivity index (χ2v) is 6.36. The van der Waals surface area contributed by atoms with Gasteiger partial charge in [0.15, 0.2) is 0 Å². The first kappa shape index (κ1) is 15.6. The fraction of sp³-hybridized carbons (Fsp3) is 0.353. The van der Waals surface area contributed by atoms with Crippen LogP contribution in [0.2, 0.25) is 0 Å². The van der Waals surface area contributed by atoms with Gasteiger partial charge in [-0.3, -0.25) is 0 Å². The van der Waals surface area contributed by atoms with Gasteiger partial charge in [0.1, 0.15) is 0 Å². The summed E-state index contributed by atoms with van der Waals surface area (Å²) in [7, 11) is 0. The first-order valence-electron chi connectivity index (χ1n) is 7.21. The Labute approximate surface area is 130 Å². The van der Waals surface area contributed by atoms with Crippen LogP contribution < -0.4 is 5.32 Å².